The molecular formula is C23H28N2O5. The van der Waals surface area contributed by atoms with Gasteiger partial charge in [0.1, 0.15) is 11.3 Å². The van der Waals surface area contributed by atoms with Gasteiger partial charge in [-0.2, -0.15) is 0 Å². The smallest absolute Gasteiger partial charge is 0.336 e. The molecule has 0 N–H and O–H groups in total. The van der Waals surface area contributed by atoms with Crippen molar-refractivity contribution in [3.8, 4) is 5.75 Å². The Morgan fingerprint density at radius 3 is 2.63 bits per heavy atom. The number of hydrogen-bond acceptors (Lipinski definition) is 5. The van der Waals surface area contributed by atoms with Crippen LogP contribution >= 0.6 is 0 Å². The van der Waals surface area contributed by atoms with E-state index in [-0.39, 0.29) is 23.5 Å². The molecule has 2 aromatic rings. The van der Waals surface area contributed by atoms with Crippen LogP contribution in [0.15, 0.2) is 33.5 Å². The van der Waals surface area contributed by atoms with Crippen LogP contribution < -0.4 is 10.4 Å². The lowest BCUT2D eigenvalue weighted by Gasteiger charge is -2.37. The molecule has 2 aliphatic heterocycles. The molecule has 2 fully saturated rings. The topological polar surface area (TPSA) is 80.1 Å². The summed E-state index contributed by atoms with van der Waals surface area (Å²) in [4.78, 5) is 40.4. The fraction of sp³-hybridized carbons (Fsp3) is 0.522. The van der Waals surface area contributed by atoms with Gasteiger partial charge in [0.25, 0.3) is 5.91 Å². The number of benzene rings is 1. The molecule has 0 saturated carbocycles. The number of carbonyl (C=O) groups is 2. The summed E-state index contributed by atoms with van der Waals surface area (Å²) in [7, 11) is 0. The zero-order valence-electron chi connectivity index (χ0n) is 17.6. The van der Waals surface area contributed by atoms with Crippen molar-refractivity contribution < 1.29 is 18.7 Å². The van der Waals surface area contributed by atoms with Gasteiger partial charge < -0.3 is 19.0 Å². The summed E-state index contributed by atoms with van der Waals surface area (Å²) in [5.74, 6) is 0.674. The van der Waals surface area contributed by atoms with Gasteiger partial charge in [-0.15, -0.1) is 0 Å². The third-order valence-corrected chi connectivity index (χ3v) is 6.17. The Morgan fingerprint density at radius 2 is 1.97 bits per heavy atom. The Labute approximate surface area is 175 Å². The molecule has 2 amide bonds. The van der Waals surface area contributed by atoms with E-state index < -0.39 is 6.10 Å². The SMILES string of the molecule is CCc1cc(=O)oc2cc(OC(C)C(=O)N3CCC(N4CCCC4=O)CC3)ccc12. The minimum Gasteiger partial charge on any atom is -0.481 e. The first-order chi connectivity index (χ1) is 14.5. The third-order valence-electron chi connectivity index (χ3n) is 6.17. The highest BCUT2D eigenvalue weighted by Crippen LogP contribution is 2.25. The van der Waals surface area contributed by atoms with Crippen molar-refractivity contribution >= 4 is 22.8 Å². The Morgan fingerprint density at radius 1 is 1.20 bits per heavy atom. The van der Waals surface area contributed by atoms with Gasteiger partial charge in [-0.3, -0.25) is 9.59 Å². The number of hydrogen-bond donors (Lipinski definition) is 0. The maximum absolute atomic E-state index is 12.9. The molecule has 30 heavy (non-hydrogen) atoms. The van der Waals surface area contributed by atoms with E-state index in [4.69, 9.17) is 9.15 Å². The molecule has 3 heterocycles. The van der Waals surface area contributed by atoms with Gasteiger partial charge in [0.15, 0.2) is 6.10 Å². The molecule has 1 aromatic carbocycles. The number of rotatable bonds is 5. The lowest BCUT2D eigenvalue weighted by Crippen LogP contribution is -2.49. The molecule has 1 atom stereocenters. The molecule has 2 saturated heterocycles. The largest absolute Gasteiger partial charge is 0.481 e. The zero-order valence-corrected chi connectivity index (χ0v) is 17.6. The number of nitrogens with zero attached hydrogens (tertiary/aromatic N) is 2. The molecule has 7 heteroatoms. The summed E-state index contributed by atoms with van der Waals surface area (Å²) in [6.45, 7) is 5.83. The summed E-state index contributed by atoms with van der Waals surface area (Å²) < 4.78 is 11.2. The fourth-order valence-corrected chi connectivity index (χ4v) is 4.54. The summed E-state index contributed by atoms with van der Waals surface area (Å²) in [5, 5.41) is 0.877. The fourth-order valence-electron chi connectivity index (χ4n) is 4.54. The van der Waals surface area contributed by atoms with Crippen LogP contribution in [0.3, 0.4) is 0 Å². The standard InChI is InChI=1S/C23H28N2O5/c1-3-16-13-22(27)30-20-14-18(6-7-19(16)20)29-15(2)23(28)24-11-8-17(9-12-24)25-10-4-5-21(25)26/h6-7,13-15,17H,3-5,8-12H2,1-2H3. The van der Waals surface area contributed by atoms with Crippen molar-refractivity contribution in [2.24, 2.45) is 0 Å². The average Bonchev–Trinajstić information content (AvgIpc) is 3.18. The molecule has 4 rings (SSSR count). The monoisotopic (exact) mass is 412 g/mol. The van der Waals surface area contributed by atoms with Gasteiger partial charge in [-0.05, 0) is 50.3 Å². The van der Waals surface area contributed by atoms with Crippen molar-refractivity contribution in [3.63, 3.8) is 0 Å². The second kappa shape index (κ2) is 8.50. The molecule has 2 aliphatic rings. The van der Waals surface area contributed by atoms with Crippen LogP contribution in [-0.4, -0.2) is 53.4 Å². The van der Waals surface area contributed by atoms with Gasteiger partial charge >= 0.3 is 5.63 Å². The molecule has 1 aromatic heterocycles. The first kappa shape index (κ1) is 20.4. The molecule has 0 bridgehead atoms. The minimum absolute atomic E-state index is 0.0648. The Hall–Kier alpha value is -2.83. The maximum atomic E-state index is 12.9. The van der Waals surface area contributed by atoms with Crippen LogP contribution in [0.25, 0.3) is 11.0 Å². The number of ether oxygens (including phenoxy) is 1. The maximum Gasteiger partial charge on any atom is 0.336 e. The first-order valence-corrected chi connectivity index (χ1v) is 10.8. The summed E-state index contributed by atoms with van der Waals surface area (Å²) in [6.07, 6.45) is 3.30. The Balaban J connectivity index is 1.39. The Kier molecular flexibility index (Phi) is 5.79. The van der Waals surface area contributed by atoms with Crippen LogP contribution in [0.1, 0.15) is 45.1 Å². The highest BCUT2D eigenvalue weighted by Gasteiger charge is 2.33. The van der Waals surface area contributed by atoms with Crippen LogP contribution in [0, 0.1) is 0 Å². The van der Waals surface area contributed by atoms with E-state index in [1.165, 1.54) is 6.07 Å². The van der Waals surface area contributed by atoms with Gasteiger partial charge in [0.2, 0.25) is 5.91 Å². The van der Waals surface area contributed by atoms with E-state index in [0.717, 1.165) is 43.2 Å². The minimum atomic E-state index is -0.645. The number of piperidine rings is 1. The molecule has 0 radical (unpaired) electrons. The van der Waals surface area contributed by atoms with Crippen molar-refractivity contribution in [1.29, 1.82) is 0 Å². The number of carbonyl (C=O) groups excluding carboxylic acids is 2. The molecular weight excluding hydrogens is 384 g/mol. The molecule has 0 aliphatic carbocycles. The number of likely N-dealkylation sites (tertiary alicyclic amines) is 2. The van der Waals surface area contributed by atoms with Crippen LogP contribution in [0.4, 0.5) is 0 Å². The van der Waals surface area contributed by atoms with Crippen molar-refractivity contribution in [3.05, 3.63) is 40.2 Å². The van der Waals surface area contributed by atoms with E-state index in [2.05, 4.69) is 0 Å². The lowest BCUT2D eigenvalue weighted by atomic mass is 10.0. The number of amides is 2. The normalized spacial score (nSPS) is 18.8. The summed E-state index contributed by atoms with van der Waals surface area (Å²) in [6, 6.07) is 7.09. The van der Waals surface area contributed by atoms with E-state index in [1.54, 1.807) is 19.1 Å². The van der Waals surface area contributed by atoms with Crippen molar-refractivity contribution in [2.45, 2.75) is 58.1 Å². The predicted molar refractivity (Wildman–Crippen MR) is 113 cm³/mol. The van der Waals surface area contributed by atoms with Crippen LogP contribution in [0.2, 0.25) is 0 Å². The number of fused-ring (bicyclic) bond motifs is 1. The summed E-state index contributed by atoms with van der Waals surface area (Å²) >= 11 is 0. The highest BCUT2D eigenvalue weighted by molar-refractivity contribution is 5.83. The molecule has 160 valence electrons. The quantitative estimate of drug-likeness (QED) is 0.706. The first-order valence-electron chi connectivity index (χ1n) is 10.8. The van der Waals surface area contributed by atoms with Gasteiger partial charge in [-0.1, -0.05) is 6.92 Å². The van der Waals surface area contributed by atoms with Crippen molar-refractivity contribution in [1.82, 2.24) is 9.80 Å². The second-order valence-corrected chi connectivity index (χ2v) is 8.11. The Bertz CT molecular complexity index is 1010. The summed E-state index contributed by atoms with van der Waals surface area (Å²) in [5.41, 5.74) is 1.00. The number of aryl methyl sites for hydroxylation is 1. The van der Waals surface area contributed by atoms with E-state index >= 15 is 0 Å². The van der Waals surface area contributed by atoms with Gasteiger partial charge in [0.05, 0.1) is 0 Å². The van der Waals surface area contributed by atoms with E-state index in [1.807, 2.05) is 22.8 Å². The molecule has 0 spiro atoms. The van der Waals surface area contributed by atoms with E-state index in [0.29, 0.717) is 30.8 Å². The van der Waals surface area contributed by atoms with Gasteiger partial charge in [-0.25, -0.2) is 4.79 Å². The predicted octanol–water partition coefficient (Wildman–Crippen LogP) is 2.74. The van der Waals surface area contributed by atoms with Crippen molar-refractivity contribution in [2.75, 3.05) is 19.6 Å². The highest BCUT2D eigenvalue weighted by atomic mass is 16.5. The average molecular weight is 412 g/mol. The van der Waals surface area contributed by atoms with Crippen LogP contribution in [0.5, 0.6) is 5.75 Å². The van der Waals surface area contributed by atoms with Gasteiger partial charge in [0, 0.05) is 49.6 Å². The lowest BCUT2D eigenvalue weighted by molar-refractivity contribution is -0.140. The zero-order chi connectivity index (χ0) is 21.3. The molecule has 1 unspecified atom stereocenters. The van der Waals surface area contributed by atoms with Crippen LogP contribution in [-0.2, 0) is 16.0 Å². The molecule has 7 nitrogen and oxygen atoms in total. The third kappa shape index (κ3) is 4.06. The van der Waals surface area contributed by atoms with E-state index in [9.17, 15) is 14.4 Å². The second-order valence-electron chi connectivity index (χ2n) is 8.11.